The van der Waals surface area contributed by atoms with E-state index in [9.17, 15) is 18.0 Å². The van der Waals surface area contributed by atoms with Crippen LogP contribution in [0.5, 0.6) is 0 Å². The van der Waals surface area contributed by atoms with Crippen molar-refractivity contribution in [3.8, 4) is 0 Å². The van der Waals surface area contributed by atoms with Gasteiger partial charge in [0.05, 0.1) is 5.92 Å². The van der Waals surface area contributed by atoms with Crippen LogP contribution in [0.1, 0.15) is 32.1 Å². The summed E-state index contributed by atoms with van der Waals surface area (Å²) < 4.78 is 37.9. The molecule has 0 radical (unpaired) electrons. The molecule has 3 rings (SSSR count). The summed E-state index contributed by atoms with van der Waals surface area (Å²) >= 11 is 0. The normalized spacial score (nSPS) is 22.2. The Morgan fingerprint density at radius 3 is 2.61 bits per heavy atom. The molecule has 1 aromatic carbocycles. The molecule has 1 fully saturated rings. The molecule has 23 heavy (non-hydrogen) atoms. The molecule has 0 atom stereocenters. The van der Waals surface area contributed by atoms with Gasteiger partial charge in [0.25, 0.3) is 0 Å². The Morgan fingerprint density at radius 1 is 1.17 bits per heavy atom. The lowest BCUT2D eigenvalue weighted by molar-refractivity contribution is -0.183. The molecule has 1 aromatic heterocycles. The van der Waals surface area contributed by atoms with Crippen molar-refractivity contribution in [2.75, 3.05) is 5.32 Å². The number of rotatable bonds is 3. The van der Waals surface area contributed by atoms with E-state index < -0.39 is 12.1 Å². The van der Waals surface area contributed by atoms with Crippen LogP contribution in [0, 0.1) is 11.8 Å². The highest BCUT2D eigenvalue weighted by atomic mass is 19.4. The summed E-state index contributed by atoms with van der Waals surface area (Å²) in [4.78, 5) is 15.2. The van der Waals surface area contributed by atoms with Gasteiger partial charge in [-0.15, -0.1) is 0 Å². The Hall–Kier alpha value is -1.98. The molecular formula is C17H19F3N2O. The lowest BCUT2D eigenvalue weighted by Gasteiger charge is -2.29. The SMILES string of the molecule is O=C(CC1CCC(C(F)(F)F)CC1)Nc1ccc2cc[nH]c2c1. The molecule has 3 nitrogen and oxygen atoms in total. The number of benzene rings is 1. The van der Waals surface area contributed by atoms with Crippen LogP contribution in [-0.4, -0.2) is 17.1 Å². The monoisotopic (exact) mass is 324 g/mol. The number of aromatic amines is 1. The number of alkyl halides is 3. The fourth-order valence-corrected chi connectivity index (χ4v) is 3.29. The van der Waals surface area contributed by atoms with Crippen LogP contribution in [0.3, 0.4) is 0 Å². The molecule has 0 aliphatic heterocycles. The van der Waals surface area contributed by atoms with Crippen LogP contribution in [0.15, 0.2) is 30.5 Å². The van der Waals surface area contributed by atoms with Crippen molar-refractivity contribution in [3.05, 3.63) is 30.5 Å². The van der Waals surface area contributed by atoms with E-state index in [0.717, 1.165) is 10.9 Å². The molecule has 1 saturated carbocycles. The summed E-state index contributed by atoms with van der Waals surface area (Å²) in [6.45, 7) is 0. The molecule has 0 saturated heterocycles. The maximum absolute atomic E-state index is 12.6. The van der Waals surface area contributed by atoms with E-state index in [-0.39, 0.29) is 31.1 Å². The third-order valence-corrected chi connectivity index (χ3v) is 4.62. The molecule has 0 bridgehead atoms. The Bertz CT molecular complexity index is 684. The Labute approximate surface area is 132 Å². The van der Waals surface area contributed by atoms with E-state index in [1.807, 2.05) is 30.5 Å². The standard InChI is InChI=1S/C17H19F3N2O/c18-17(19,20)13-4-1-11(2-5-13)9-16(23)22-14-6-3-12-7-8-21-15(12)10-14/h3,6-8,10-11,13,21H,1-2,4-5,9H2,(H,22,23). The highest BCUT2D eigenvalue weighted by molar-refractivity contribution is 5.93. The summed E-state index contributed by atoms with van der Waals surface area (Å²) in [5.41, 5.74) is 1.64. The first kappa shape index (κ1) is 15.9. The molecule has 2 aromatic rings. The van der Waals surface area contributed by atoms with Crippen LogP contribution in [0.4, 0.5) is 18.9 Å². The minimum Gasteiger partial charge on any atom is -0.361 e. The number of hydrogen-bond acceptors (Lipinski definition) is 1. The Balaban J connectivity index is 1.52. The number of fused-ring (bicyclic) bond motifs is 1. The van der Waals surface area contributed by atoms with Crippen LogP contribution >= 0.6 is 0 Å². The molecule has 124 valence electrons. The van der Waals surface area contributed by atoms with Gasteiger partial charge in [0.15, 0.2) is 0 Å². The Kier molecular flexibility index (Phi) is 4.33. The number of H-pyrrole nitrogens is 1. The van der Waals surface area contributed by atoms with E-state index in [4.69, 9.17) is 0 Å². The van der Waals surface area contributed by atoms with E-state index in [0.29, 0.717) is 18.5 Å². The van der Waals surface area contributed by atoms with Gasteiger partial charge in [-0.1, -0.05) is 6.07 Å². The van der Waals surface area contributed by atoms with E-state index in [2.05, 4.69) is 10.3 Å². The number of carbonyl (C=O) groups excluding carboxylic acids is 1. The average molecular weight is 324 g/mol. The molecule has 0 spiro atoms. The third kappa shape index (κ3) is 3.86. The van der Waals surface area contributed by atoms with Crippen molar-refractivity contribution >= 4 is 22.5 Å². The van der Waals surface area contributed by atoms with Gasteiger partial charge in [-0.3, -0.25) is 4.79 Å². The molecular weight excluding hydrogens is 305 g/mol. The molecule has 1 aliphatic carbocycles. The lowest BCUT2D eigenvalue weighted by atomic mass is 9.80. The summed E-state index contributed by atoms with van der Waals surface area (Å²) in [6.07, 6.45) is -0.784. The second-order valence-electron chi connectivity index (χ2n) is 6.29. The second-order valence-corrected chi connectivity index (χ2v) is 6.29. The van der Waals surface area contributed by atoms with Gasteiger partial charge >= 0.3 is 6.18 Å². The summed E-state index contributed by atoms with van der Waals surface area (Å²) in [6, 6.07) is 7.54. The topological polar surface area (TPSA) is 44.9 Å². The quantitative estimate of drug-likeness (QED) is 0.831. The van der Waals surface area contributed by atoms with E-state index in [1.54, 1.807) is 0 Å². The largest absolute Gasteiger partial charge is 0.391 e. The number of anilines is 1. The number of nitrogens with one attached hydrogen (secondary N) is 2. The van der Waals surface area contributed by atoms with Gasteiger partial charge < -0.3 is 10.3 Å². The Morgan fingerprint density at radius 2 is 1.91 bits per heavy atom. The maximum atomic E-state index is 12.6. The van der Waals surface area contributed by atoms with Crippen LogP contribution in [-0.2, 0) is 4.79 Å². The van der Waals surface area contributed by atoms with Crippen LogP contribution in [0.2, 0.25) is 0 Å². The number of aromatic nitrogens is 1. The zero-order chi connectivity index (χ0) is 16.4. The first-order valence-electron chi connectivity index (χ1n) is 7.85. The number of hydrogen-bond donors (Lipinski definition) is 2. The number of amides is 1. The van der Waals surface area contributed by atoms with Gasteiger partial charge in [0, 0.05) is 23.8 Å². The predicted octanol–water partition coefficient (Wildman–Crippen LogP) is 4.87. The molecule has 1 aliphatic rings. The molecule has 6 heteroatoms. The number of carbonyl (C=O) groups is 1. The van der Waals surface area contributed by atoms with Crippen LogP contribution < -0.4 is 5.32 Å². The lowest BCUT2D eigenvalue weighted by Crippen LogP contribution is -2.29. The van der Waals surface area contributed by atoms with Crippen molar-refractivity contribution in [1.29, 1.82) is 0 Å². The van der Waals surface area contributed by atoms with Crippen molar-refractivity contribution in [3.63, 3.8) is 0 Å². The first-order valence-corrected chi connectivity index (χ1v) is 7.85. The van der Waals surface area contributed by atoms with Gasteiger partial charge in [-0.2, -0.15) is 13.2 Å². The zero-order valence-corrected chi connectivity index (χ0v) is 12.6. The van der Waals surface area contributed by atoms with Crippen molar-refractivity contribution in [2.24, 2.45) is 11.8 Å². The smallest absolute Gasteiger partial charge is 0.361 e. The minimum atomic E-state index is -4.10. The van der Waals surface area contributed by atoms with Crippen molar-refractivity contribution < 1.29 is 18.0 Å². The minimum absolute atomic E-state index is 0.0443. The molecule has 1 heterocycles. The van der Waals surface area contributed by atoms with Gasteiger partial charge in [-0.25, -0.2) is 0 Å². The number of halogens is 3. The molecule has 1 amide bonds. The highest BCUT2D eigenvalue weighted by Crippen LogP contribution is 2.40. The van der Waals surface area contributed by atoms with Crippen molar-refractivity contribution in [1.82, 2.24) is 4.98 Å². The van der Waals surface area contributed by atoms with Gasteiger partial charge in [0.1, 0.15) is 0 Å². The zero-order valence-electron chi connectivity index (χ0n) is 12.6. The van der Waals surface area contributed by atoms with Crippen LogP contribution in [0.25, 0.3) is 10.9 Å². The first-order chi connectivity index (χ1) is 10.9. The summed E-state index contributed by atoms with van der Waals surface area (Å²) in [5, 5.41) is 3.89. The van der Waals surface area contributed by atoms with Gasteiger partial charge in [0.2, 0.25) is 5.91 Å². The molecule has 2 N–H and O–H groups in total. The predicted molar refractivity (Wildman–Crippen MR) is 83.0 cm³/mol. The second kappa shape index (κ2) is 6.26. The summed E-state index contributed by atoms with van der Waals surface area (Å²) in [7, 11) is 0. The fourth-order valence-electron chi connectivity index (χ4n) is 3.29. The maximum Gasteiger partial charge on any atom is 0.391 e. The molecule has 0 unspecified atom stereocenters. The van der Waals surface area contributed by atoms with Gasteiger partial charge in [-0.05, 0) is 55.2 Å². The average Bonchev–Trinajstić information content (AvgIpc) is 2.94. The highest BCUT2D eigenvalue weighted by Gasteiger charge is 2.41. The third-order valence-electron chi connectivity index (χ3n) is 4.62. The summed E-state index contributed by atoms with van der Waals surface area (Å²) in [5.74, 6) is -1.29. The fraction of sp³-hybridized carbons (Fsp3) is 0.471. The van der Waals surface area contributed by atoms with E-state index in [1.165, 1.54) is 0 Å². The van der Waals surface area contributed by atoms with E-state index >= 15 is 0 Å². The van der Waals surface area contributed by atoms with Crippen molar-refractivity contribution in [2.45, 2.75) is 38.3 Å².